The molecule has 0 N–H and O–H groups in total. The van der Waals surface area contributed by atoms with Gasteiger partial charge >= 0.3 is 5.97 Å². The number of rotatable bonds is 9. The van der Waals surface area contributed by atoms with E-state index in [-0.39, 0.29) is 53.5 Å². The highest BCUT2D eigenvalue weighted by Gasteiger charge is 2.34. The van der Waals surface area contributed by atoms with E-state index < -0.39 is 41.2 Å². The number of carbonyl (C=O) groups excluding carboxylic acids is 3. The lowest BCUT2D eigenvalue weighted by atomic mass is 9.90. The van der Waals surface area contributed by atoms with Crippen LogP contribution in [0, 0.1) is 24.0 Å². The average molecular weight is 546 g/mol. The highest BCUT2D eigenvalue weighted by molar-refractivity contribution is 6.32. The maximum absolute atomic E-state index is 15.3. The summed E-state index contributed by atoms with van der Waals surface area (Å²) in [6.07, 6.45) is 6.14. The van der Waals surface area contributed by atoms with Crippen molar-refractivity contribution >= 4 is 35.1 Å². The fraction of sp³-hybridized carbons (Fsp3) is 0.321. The van der Waals surface area contributed by atoms with Gasteiger partial charge in [-0.1, -0.05) is 23.6 Å². The summed E-state index contributed by atoms with van der Waals surface area (Å²) in [6.45, 7) is 1.67. The van der Waals surface area contributed by atoms with Gasteiger partial charge in [-0.25, -0.2) is 18.5 Å². The van der Waals surface area contributed by atoms with E-state index in [9.17, 15) is 18.8 Å². The molecule has 0 bridgehead atoms. The van der Waals surface area contributed by atoms with Gasteiger partial charge in [0, 0.05) is 29.9 Å². The van der Waals surface area contributed by atoms with Crippen molar-refractivity contribution in [2.75, 3.05) is 25.2 Å². The number of halogens is 3. The molecule has 38 heavy (non-hydrogen) atoms. The number of terminal acetylenes is 1. The predicted molar refractivity (Wildman–Crippen MR) is 137 cm³/mol. The number of amides is 2. The first-order valence-electron chi connectivity index (χ1n) is 11.8. The standard InChI is InChI=1S/C28H26ClF2NO6/c1-4-17(2)38-25-16-24(23(31)15-22(25)29)32(26(33)18-8-7-9-19(30)14-18)27(34)20-10-5-6-11-21(20)28(35)37-13-12-36-3/h1,7-9,14-17H,5-6,10-13H2,2-3H3. The van der Waals surface area contributed by atoms with Crippen molar-refractivity contribution in [3.05, 3.63) is 69.8 Å². The van der Waals surface area contributed by atoms with Gasteiger partial charge in [-0.2, -0.15) is 0 Å². The van der Waals surface area contributed by atoms with Crippen molar-refractivity contribution in [2.45, 2.75) is 38.7 Å². The lowest BCUT2D eigenvalue weighted by Gasteiger charge is -2.27. The van der Waals surface area contributed by atoms with Crippen LogP contribution in [0.3, 0.4) is 0 Å². The van der Waals surface area contributed by atoms with Crippen molar-refractivity contribution in [2.24, 2.45) is 0 Å². The number of imide groups is 1. The SMILES string of the molecule is C#CC(C)Oc1cc(N(C(=O)C2=C(C(=O)OCCOC)CCCC2)C(=O)c2cccc(F)c2)c(F)cc1Cl. The average Bonchev–Trinajstić information content (AvgIpc) is 2.91. The van der Waals surface area contributed by atoms with Gasteiger partial charge in [0.2, 0.25) is 0 Å². The van der Waals surface area contributed by atoms with E-state index in [1.165, 1.54) is 19.2 Å². The van der Waals surface area contributed by atoms with Gasteiger partial charge in [0.25, 0.3) is 11.8 Å². The molecule has 7 nitrogen and oxygen atoms in total. The number of esters is 1. The van der Waals surface area contributed by atoms with Crippen molar-refractivity contribution < 1.29 is 37.4 Å². The highest BCUT2D eigenvalue weighted by Crippen LogP contribution is 2.36. The number of hydrogen-bond acceptors (Lipinski definition) is 6. The first-order chi connectivity index (χ1) is 18.2. The molecule has 2 aromatic carbocycles. The molecular formula is C28H26ClF2NO6. The first kappa shape index (κ1) is 28.8. The molecule has 1 aliphatic carbocycles. The molecule has 0 aliphatic heterocycles. The largest absolute Gasteiger partial charge is 0.476 e. The smallest absolute Gasteiger partial charge is 0.334 e. The third kappa shape index (κ3) is 6.77. The third-order valence-electron chi connectivity index (χ3n) is 5.75. The number of nitrogens with zero attached hydrogens (tertiary/aromatic N) is 1. The highest BCUT2D eigenvalue weighted by atomic mass is 35.5. The van der Waals surface area contributed by atoms with E-state index in [4.69, 9.17) is 32.2 Å². The fourth-order valence-electron chi connectivity index (χ4n) is 3.87. The van der Waals surface area contributed by atoms with E-state index in [0.717, 1.165) is 24.3 Å². The minimum atomic E-state index is -1.02. The van der Waals surface area contributed by atoms with Crippen LogP contribution in [0.5, 0.6) is 5.75 Å². The van der Waals surface area contributed by atoms with Gasteiger partial charge in [-0.15, -0.1) is 6.42 Å². The minimum Gasteiger partial charge on any atom is -0.476 e. The molecule has 2 aromatic rings. The second kappa shape index (κ2) is 13.2. The Bertz CT molecular complexity index is 1300. The maximum Gasteiger partial charge on any atom is 0.334 e. The number of hydrogen-bond donors (Lipinski definition) is 0. The minimum absolute atomic E-state index is 0.00256. The Balaban J connectivity index is 2.16. The molecule has 2 amide bonds. The van der Waals surface area contributed by atoms with Crippen LogP contribution in [-0.2, 0) is 19.1 Å². The molecule has 0 spiro atoms. The van der Waals surface area contributed by atoms with Crippen LogP contribution in [-0.4, -0.2) is 44.2 Å². The van der Waals surface area contributed by atoms with E-state index in [0.29, 0.717) is 17.7 Å². The van der Waals surface area contributed by atoms with E-state index in [2.05, 4.69) is 5.92 Å². The van der Waals surface area contributed by atoms with E-state index in [1.807, 2.05) is 0 Å². The lowest BCUT2D eigenvalue weighted by Crippen LogP contribution is -2.40. The summed E-state index contributed by atoms with van der Waals surface area (Å²) in [7, 11) is 1.45. The van der Waals surface area contributed by atoms with Crippen LogP contribution >= 0.6 is 11.6 Å². The van der Waals surface area contributed by atoms with Crippen LogP contribution in [0.1, 0.15) is 43.0 Å². The van der Waals surface area contributed by atoms with E-state index >= 15 is 4.39 Å². The topological polar surface area (TPSA) is 82.1 Å². The van der Waals surface area contributed by atoms with Crippen molar-refractivity contribution in [1.82, 2.24) is 0 Å². The van der Waals surface area contributed by atoms with Gasteiger partial charge in [0.15, 0.2) is 6.10 Å². The van der Waals surface area contributed by atoms with Gasteiger partial charge in [0.05, 0.1) is 17.3 Å². The quantitative estimate of drug-likeness (QED) is 0.185. The number of methoxy groups -OCH3 is 1. The normalized spacial score (nSPS) is 13.9. The third-order valence-corrected chi connectivity index (χ3v) is 6.05. The Morgan fingerprint density at radius 3 is 2.45 bits per heavy atom. The second-order valence-electron chi connectivity index (χ2n) is 8.41. The van der Waals surface area contributed by atoms with Gasteiger partial charge in [0.1, 0.15) is 24.0 Å². The molecular weight excluding hydrogens is 520 g/mol. The van der Waals surface area contributed by atoms with Crippen LogP contribution in [0.2, 0.25) is 5.02 Å². The van der Waals surface area contributed by atoms with Crippen LogP contribution < -0.4 is 9.64 Å². The number of benzene rings is 2. The Kier molecular flexibility index (Phi) is 9.99. The summed E-state index contributed by atoms with van der Waals surface area (Å²) >= 11 is 6.13. The summed E-state index contributed by atoms with van der Waals surface area (Å²) in [6, 6.07) is 6.56. The maximum atomic E-state index is 15.3. The molecule has 0 heterocycles. The summed E-state index contributed by atoms with van der Waals surface area (Å²) in [5, 5.41) is -0.141. The zero-order valence-corrected chi connectivity index (χ0v) is 21.6. The van der Waals surface area contributed by atoms with Gasteiger partial charge < -0.3 is 14.2 Å². The summed E-state index contributed by atoms with van der Waals surface area (Å²) in [5.74, 6) is -2.18. The molecule has 1 unspecified atom stereocenters. The molecule has 1 aliphatic rings. The summed E-state index contributed by atoms with van der Waals surface area (Å²) in [5.41, 5.74) is -0.635. The molecule has 0 aromatic heterocycles. The Morgan fingerprint density at radius 2 is 1.79 bits per heavy atom. The van der Waals surface area contributed by atoms with Gasteiger partial charge in [-0.3, -0.25) is 9.59 Å². The number of ether oxygens (including phenoxy) is 3. The zero-order chi connectivity index (χ0) is 27.8. The predicted octanol–water partition coefficient (Wildman–Crippen LogP) is 5.25. The van der Waals surface area contributed by atoms with E-state index in [1.54, 1.807) is 6.92 Å². The molecule has 1 atom stereocenters. The monoisotopic (exact) mass is 545 g/mol. The molecule has 0 saturated carbocycles. The van der Waals surface area contributed by atoms with Gasteiger partial charge in [-0.05, 0) is 56.9 Å². The van der Waals surface area contributed by atoms with Crippen LogP contribution in [0.25, 0.3) is 0 Å². The Morgan fingerprint density at radius 1 is 1.08 bits per heavy atom. The molecule has 200 valence electrons. The van der Waals surface area contributed by atoms with Crippen LogP contribution in [0.15, 0.2) is 47.5 Å². The summed E-state index contributed by atoms with van der Waals surface area (Å²) < 4.78 is 44.9. The second-order valence-corrected chi connectivity index (χ2v) is 8.82. The first-order valence-corrected chi connectivity index (χ1v) is 12.2. The number of carbonyl (C=O) groups is 3. The Labute approximate surface area is 224 Å². The Hall–Kier alpha value is -3.74. The fourth-order valence-corrected chi connectivity index (χ4v) is 4.07. The van der Waals surface area contributed by atoms with Crippen molar-refractivity contribution in [3.63, 3.8) is 0 Å². The summed E-state index contributed by atoms with van der Waals surface area (Å²) in [4.78, 5) is 40.9. The lowest BCUT2D eigenvalue weighted by molar-refractivity contribution is -0.140. The molecule has 0 saturated heterocycles. The molecule has 0 radical (unpaired) electrons. The van der Waals surface area contributed by atoms with Crippen molar-refractivity contribution in [3.8, 4) is 18.1 Å². The number of anilines is 1. The zero-order valence-electron chi connectivity index (χ0n) is 20.9. The van der Waals surface area contributed by atoms with Crippen LogP contribution in [0.4, 0.5) is 14.5 Å². The molecule has 10 heteroatoms. The molecule has 0 fully saturated rings. The van der Waals surface area contributed by atoms with Crippen molar-refractivity contribution in [1.29, 1.82) is 0 Å². The molecule has 3 rings (SSSR count).